The molecule has 1 aliphatic rings. The number of amides is 1. The minimum absolute atomic E-state index is 0.0362. The Bertz CT molecular complexity index is 183. The molecule has 0 radical (unpaired) electrons. The minimum Gasteiger partial charge on any atom is -0.343 e. The van der Waals surface area contributed by atoms with Gasteiger partial charge in [0.05, 0.1) is 6.07 Å². The Hall–Kier alpha value is -1.04. The number of nitrogens with zero attached hydrogens (tertiary/aromatic N) is 1. The summed E-state index contributed by atoms with van der Waals surface area (Å²) in [7, 11) is 0. The molecule has 1 rings (SSSR count). The Morgan fingerprint density at radius 2 is 2.50 bits per heavy atom. The SMILES string of the molecule is CC1CC1C(=O)NCC#N. The highest BCUT2D eigenvalue weighted by molar-refractivity contribution is 5.81. The summed E-state index contributed by atoms with van der Waals surface area (Å²) in [5, 5.41) is 10.6. The molecular weight excluding hydrogens is 128 g/mol. The van der Waals surface area contributed by atoms with Gasteiger partial charge in [-0.05, 0) is 12.3 Å². The van der Waals surface area contributed by atoms with Crippen molar-refractivity contribution in [2.75, 3.05) is 6.54 Å². The first-order valence-corrected chi connectivity index (χ1v) is 3.40. The van der Waals surface area contributed by atoms with Crippen LogP contribution in [-0.2, 0) is 4.79 Å². The molecule has 10 heavy (non-hydrogen) atoms. The molecule has 3 heteroatoms. The lowest BCUT2D eigenvalue weighted by molar-refractivity contribution is -0.122. The quantitative estimate of drug-likeness (QED) is 0.557. The van der Waals surface area contributed by atoms with Gasteiger partial charge in [-0.2, -0.15) is 5.26 Å². The topological polar surface area (TPSA) is 52.9 Å². The fraction of sp³-hybridized carbons (Fsp3) is 0.714. The average Bonchev–Trinajstić information content (AvgIpc) is 2.62. The number of hydrogen-bond acceptors (Lipinski definition) is 2. The van der Waals surface area contributed by atoms with E-state index in [-0.39, 0.29) is 18.4 Å². The van der Waals surface area contributed by atoms with Gasteiger partial charge in [-0.25, -0.2) is 0 Å². The van der Waals surface area contributed by atoms with Crippen molar-refractivity contribution in [1.29, 1.82) is 5.26 Å². The third-order valence-corrected chi connectivity index (χ3v) is 1.79. The van der Waals surface area contributed by atoms with E-state index in [1.54, 1.807) is 0 Å². The molecule has 2 unspecified atom stereocenters. The summed E-state index contributed by atoms with van der Waals surface area (Å²) in [5.41, 5.74) is 0. The second-order valence-corrected chi connectivity index (χ2v) is 2.70. The Balaban J connectivity index is 2.18. The number of carbonyl (C=O) groups excluding carboxylic acids is 1. The van der Waals surface area contributed by atoms with E-state index in [0.717, 1.165) is 6.42 Å². The summed E-state index contributed by atoms with van der Waals surface area (Å²) in [6.45, 7) is 2.18. The zero-order chi connectivity index (χ0) is 7.56. The first-order chi connectivity index (χ1) is 4.75. The smallest absolute Gasteiger partial charge is 0.224 e. The number of rotatable bonds is 2. The second-order valence-electron chi connectivity index (χ2n) is 2.70. The van der Waals surface area contributed by atoms with Gasteiger partial charge in [0.25, 0.3) is 0 Å². The third-order valence-electron chi connectivity index (χ3n) is 1.79. The lowest BCUT2D eigenvalue weighted by Crippen LogP contribution is -2.25. The molecule has 54 valence electrons. The second kappa shape index (κ2) is 2.70. The molecule has 0 heterocycles. The molecule has 3 nitrogen and oxygen atoms in total. The molecule has 2 atom stereocenters. The van der Waals surface area contributed by atoms with Crippen molar-refractivity contribution in [1.82, 2.24) is 5.32 Å². The van der Waals surface area contributed by atoms with Crippen molar-refractivity contribution in [3.63, 3.8) is 0 Å². The van der Waals surface area contributed by atoms with Gasteiger partial charge in [0.15, 0.2) is 0 Å². The zero-order valence-corrected chi connectivity index (χ0v) is 5.92. The summed E-state index contributed by atoms with van der Waals surface area (Å²) in [6, 6.07) is 1.86. The van der Waals surface area contributed by atoms with E-state index in [2.05, 4.69) is 5.32 Å². The molecule has 0 spiro atoms. The number of carbonyl (C=O) groups is 1. The van der Waals surface area contributed by atoms with Crippen molar-refractivity contribution >= 4 is 5.91 Å². The van der Waals surface area contributed by atoms with Gasteiger partial charge in [0.1, 0.15) is 6.54 Å². The van der Waals surface area contributed by atoms with E-state index in [1.165, 1.54) is 0 Å². The Morgan fingerprint density at radius 3 is 2.90 bits per heavy atom. The standard InChI is InChI=1S/C7H10N2O/c1-5-4-6(5)7(10)9-3-2-8/h5-6H,3-4H2,1H3,(H,9,10). The van der Waals surface area contributed by atoms with Gasteiger partial charge >= 0.3 is 0 Å². The predicted molar refractivity (Wildman–Crippen MR) is 35.9 cm³/mol. The van der Waals surface area contributed by atoms with Crippen LogP contribution in [0.3, 0.4) is 0 Å². The fourth-order valence-corrected chi connectivity index (χ4v) is 0.945. The summed E-state index contributed by atoms with van der Waals surface area (Å²) in [4.78, 5) is 10.9. The predicted octanol–water partition coefficient (Wildman–Crippen LogP) is 0.282. The minimum atomic E-state index is 0.0362. The van der Waals surface area contributed by atoms with Crippen LogP contribution in [0.25, 0.3) is 0 Å². The van der Waals surface area contributed by atoms with Gasteiger partial charge in [-0.15, -0.1) is 0 Å². The van der Waals surface area contributed by atoms with E-state index in [0.29, 0.717) is 5.92 Å². The third kappa shape index (κ3) is 1.47. The molecule has 0 bridgehead atoms. The van der Waals surface area contributed by atoms with Crippen LogP contribution in [-0.4, -0.2) is 12.5 Å². The molecule has 0 saturated heterocycles. The van der Waals surface area contributed by atoms with Crippen LogP contribution in [0.2, 0.25) is 0 Å². The maximum Gasteiger partial charge on any atom is 0.224 e. The van der Waals surface area contributed by atoms with Crippen LogP contribution in [0, 0.1) is 23.2 Å². The molecule has 1 saturated carbocycles. The number of hydrogen-bond donors (Lipinski definition) is 1. The first-order valence-electron chi connectivity index (χ1n) is 3.40. The molecule has 1 aliphatic carbocycles. The molecule has 1 amide bonds. The van der Waals surface area contributed by atoms with Crippen molar-refractivity contribution in [3.8, 4) is 6.07 Å². The molecule has 1 fully saturated rings. The number of nitriles is 1. The van der Waals surface area contributed by atoms with Crippen LogP contribution in [0.1, 0.15) is 13.3 Å². The van der Waals surface area contributed by atoms with E-state index in [1.807, 2.05) is 13.0 Å². The van der Waals surface area contributed by atoms with Crippen molar-refractivity contribution in [3.05, 3.63) is 0 Å². The van der Waals surface area contributed by atoms with Gasteiger partial charge in [-0.3, -0.25) is 4.79 Å². The van der Waals surface area contributed by atoms with Crippen LogP contribution in [0.4, 0.5) is 0 Å². The van der Waals surface area contributed by atoms with E-state index < -0.39 is 0 Å². The van der Waals surface area contributed by atoms with Gasteiger partial charge < -0.3 is 5.32 Å². The largest absolute Gasteiger partial charge is 0.343 e. The van der Waals surface area contributed by atoms with Crippen LogP contribution >= 0.6 is 0 Å². The highest BCUT2D eigenvalue weighted by Crippen LogP contribution is 2.37. The van der Waals surface area contributed by atoms with E-state index in [4.69, 9.17) is 5.26 Å². The van der Waals surface area contributed by atoms with Crippen LogP contribution in [0.5, 0.6) is 0 Å². The Morgan fingerprint density at radius 1 is 1.90 bits per heavy atom. The Labute approximate surface area is 60.0 Å². The summed E-state index contributed by atoms with van der Waals surface area (Å²) in [6.07, 6.45) is 0.983. The molecule has 0 aliphatic heterocycles. The lowest BCUT2D eigenvalue weighted by Gasteiger charge is -1.95. The monoisotopic (exact) mass is 138 g/mol. The summed E-state index contributed by atoms with van der Waals surface area (Å²) in [5.74, 6) is 0.751. The maximum atomic E-state index is 10.9. The molecule has 1 N–H and O–H groups in total. The molecule has 0 aromatic carbocycles. The highest BCUT2D eigenvalue weighted by Gasteiger charge is 2.38. The summed E-state index contributed by atoms with van der Waals surface area (Å²) >= 11 is 0. The maximum absolute atomic E-state index is 10.9. The number of nitrogens with one attached hydrogen (secondary N) is 1. The first kappa shape index (κ1) is 7.07. The van der Waals surface area contributed by atoms with Gasteiger partial charge in [0, 0.05) is 5.92 Å². The van der Waals surface area contributed by atoms with E-state index in [9.17, 15) is 4.79 Å². The van der Waals surface area contributed by atoms with Crippen molar-refractivity contribution < 1.29 is 4.79 Å². The lowest BCUT2D eigenvalue weighted by atomic mass is 10.3. The van der Waals surface area contributed by atoms with Crippen LogP contribution in [0.15, 0.2) is 0 Å². The molecular formula is C7H10N2O. The average molecular weight is 138 g/mol. The fourth-order valence-electron chi connectivity index (χ4n) is 0.945. The van der Waals surface area contributed by atoms with Crippen LogP contribution < -0.4 is 5.32 Å². The zero-order valence-electron chi connectivity index (χ0n) is 5.92. The Kier molecular flexibility index (Phi) is 1.91. The van der Waals surface area contributed by atoms with Crippen molar-refractivity contribution in [2.45, 2.75) is 13.3 Å². The molecule has 0 aromatic rings. The summed E-state index contributed by atoms with van der Waals surface area (Å²) < 4.78 is 0. The van der Waals surface area contributed by atoms with E-state index >= 15 is 0 Å². The molecule has 0 aromatic heterocycles. The van der Waals surface area contributed by atoms with Gasteiger partial charge in [0.2, 0.25) is 5.91 Å². The van der Waals surface area contributed by atoms with Gasteiger partial charge in [-0.1, -0.05) is 6.92 Å². The highest BCUT2D eigenvalue weighted by atomic mass is 16.2. The normalized spacial score (nSPS) is 28.8. The van der Waals surface area contributed by atoms with Crippen molar-refractivity contribution in [2.24, 2.45) is 11.8 Å².